The fourth-order valence-corrected chi connectivity index (χ4v) is 2.77. The van der Waals surface area contributed by atoms with Crippen LogP contribution >= 0.6 is 23.2 Å². The summed E-state index contributed by atoms with van der Waals surface area (Å²) in [4.78, 5) is 30.2. The molecule has 0 bridgehead atoms. The first-order valence-corrected chi connectivity index (χ1v) is 8.02. The predicted octanol–water partition coefficient (Wildman–Crippen LogP) is 2.91. The monoisotopic (exact) mass is 368 g/mol. The lowest BCUT2D eigenvalue weighted by atomic mass is 9.92. The van der Waals surface area contributed by atoms with Crippen LogP contribution in [-0.4, -0.2) is 27.0 Å². The Morgan fingerprint density at radius 3 is 2.67 bits per heavy atom. The number of urea groups is 1. The lowest BCUT2D eigenvalue weighted by Crippen LogP contribution is -2.40. The van der Waals surface area contributed by atoms with Crippen molar-refractivity contribution >= 4 is 35.1 Å². The van der Waals surface area contributed by atoms with Gasteiger partial charge in [-0.15, -0.1) is 0 Å². The summed E-state index contributed by atoms with van der Waals surface area (Å²) in [6, 6.07) is 4.26. The maximum atomic E-state index is 12.8. The van der Waals surface area contributed by atoms with Crippen LogP contribution in [0, 0.1) is 0 Å². The lowest BCUT2D eigenvalue weighted by Gasteiger charge is -2.22. The van der Waals surface area contributed by atoms with Crippen molar-refractivity contribution in [3.63, 3.8) is 0 Å². The molecule has 1 saturated heterocycles. The van der Waals surface area contributed by atoms with E-state index in [0.29, 0.717) is 27.9 Å². The molecule has 1 atom stereocenters. The van der Waals surface area contributed by atoms with Gasteiger partial charge in [0.15, 0.2) is 5.82 Å². The second-order valence-corrected chi connectivity index (χ2v) is 6.35. The minimum Gasteiger partial charge on any atom is -0.337 e. The standard InChI is InChI=1S/C15H14Cl2N4O3/c1-3-11-18-12(24-20-11)7-21-13(22)15(2,19-14(21)23)8-4-5-9(16)10(17)6-8/h4-6H,3,7H2,1-2H3,(H,19,23). The van der Waals surface area contributed by atoms with Crippen LogP contribution in [0.4, 0.5) is 4.79 Å². The van der Waals surface area contributed by atoms with Crippen LogP contribution in [0.3, 0.4) is 0 Å². The van der Waals surface area contributed by atoms with E-state index in [0.717, 1.165) is 4.90 Å². The van der Waals surface area contributed by atoms with Crippen LogP contribution in [0.15, 0.2) is 22.7 Å². The smallest absolute Gasteiger partial charge is 0.325 e. The van der Waals surface area contributed by atoms with Gasteiger partial charge in [0.25, 0.3) is 5.91 Å². The van der Waals surface area contributed by atoms with Crippen molar-refractivity contribution in [2.45, 2.75) is 32.4 Å². The van der Waals surface area contributed by atoms with E-state index in [-0.39, 0.29) is 12.4 Å². The Bertz CT molecular complexity index is 823. The van der Waals surface area contributed by atoms with Crippen molar-refractivity contribution in [2.24, 2.45) is 0 Å². The summed E-state index contributed by atoms with van der Waals surface area (Å²) in [6.07, 6.45) is 0.602. The van der Waals surface area contributed by atoms with Gasteiger partial charge in [-0.1, -0.05) is 41.3 Å². The molecule has 0 saturated carbocycles. The number of rotatable bonds is 4. The maximum absolute atomic E-state index is 12.8. The molecule has 126 valence electrons. The average molecular weight is 369 g/mol. The number of carbonyl (C=O) groups excluding carboxylic acids is 2. The third-order valence-corrected chi connectivity index (χ3v) is 4.63. The molecule has 0 radical (unpaired) electrons. The topological polar surface area (TPSA) is 88.3 Å². The van der Waals surface area contributed by atoms with E-state index in [2.05, 4.69) is 15.5 Å². The largest absolute Gasteiger partial charge is 0.337 e. The number of hydrogen-bond donors (Lipinski definition) is 1. The van der Waals surface area contributed by atoms with E-state index in [4.69, 9.17) is 27.7 Å². The summed E-state index contributed by atoms with van der Waals surface area (Å²) >= 11 is 11.9. The molecule has 0 spiro atoms. The highest BCUT2D eigenvalue weighted by Gasteiger charge is 2.49. The third-order valence-electron chi connectivity index (χ3n) is 3.89. The van der Waals surface area contributed by atoms with E-state index >= 15 is 0 Å². The van der Waals surface area contributed by atoms with Crippen molar-refractivity contribution in [3.8, 4) is 0 Å². The summed E-state index contributed by atoms with van der Waals surface area (Å²) in [6.45, 7) is 3.40. The number of halogens is 2. The number of carbonyl (C=O) groups is 2. The van der Waals surface area contributed by atoms with Crippen LogP contribution in [0.2, 0.25) is 10.0 Å². The Hall–Kier alpha value is -2.12. The summed E-state index contributed by atoms with van der Waals surface area (Å²) in [7, 11) is 0. The minimum atomic E-state index is -1.24. The molecule has 1 aromatic carbocycles. The molecule has 2 aromatic rings. The minimum absolute atomic E-state index is 0.0887. The number of nitrogens with zero attached hydrogens (tertiary/aromatic N) is 3. The molecular weight excluding hydrogens is 355 g/mol. The second kappa shape index (κ2) is 6.07. The molecule has 3 rings (SSSR count). The number of aryl methyl sites for hydroxylation is 1. The van der Waals surface area contributed by atoms with Crippen molar-refractivity contribution in [3.05, 3.63) is 45.5 Å². The Balaban J connectivity index is 1.88. The molecule has 1 aliphatic rings. The zero-order valence-electron chi connectivity index (χ0n) is 13.0. The Kier molecular flexibility index (Phi) is 4.23. The molecule has 1 N–H and O–H groups in total. The molecular formula is C15H14Cl2N4O3. The van der Waals surface area contributed by atoms with E-state index in [1.165, 1.54) is 0 Å². The number of hydrogen-bond acceptors (Lipinski definition) is 5. The van der Waals surface area contributed by atoms with Crippen LogP contribution in [-0.2, 0) is 23.3 Å². The Labute approximate surface area is 147 Å². The van der Waals surface area contributed by atoms with Gasteiger partial charge >= 0.3 is 6.03 Å². The molecule has 2 heterocycles. The molecule has 9 heteroatoms. The lowest BCUT2D eigenvalue weighted by molar-refractivity contribution is -0.131. The fraction of sp³-hybridized carbons (Fsp3) is 0.333. The molecule has 3 amide bonds. The Morgan fingerprint density at radius 1 is 1.29 bits per heavy atom. The van der Waals surface area contributed by atoms with E-state index in [1.54, 1.807) is 25.1 Å². The van der Waals surface area contributed by atoms with Crippen LogP contribution in [0.1, 0.15) is 31.1 Å². The van der Waals surface area contributed by atoms with Crippen molar-refractivity contribution in [2.75, 3.05) is 0 Å². The molecule has 7 nitrogen and oxygen atoms in total. The molecule has 24 heavy (non-hydrogen) atoms. The third kappa shape index (κ3) is 2.74. The molecule has 1 aromatic heterocycles. The highest BCUT2D eigenvalue weighted by Crippen LogP contribution is 2.33. The van der Waals surface area contributed by atoms with Crippen LogP contribution < -0.4 is 5.32 Å². The van der Waals surface area contributed by atoms with Gasteiger partial charge < -0.3 is 9.84 Å². The number of aromatic nitrogens is 2. The van der Waals surface area contributed by atoms with Gasteiger partial charge in [-0.25, -0.2) is 4.79 Å². The number of imide groups is 1. The average Bonchev–Trinajstić information content (AvgIpc) is 3.09. The highest BCUT2D eigenvalue weighted by molar-refractivity contribution is 6.42. The van der Waals surface area contributed by atoms with Gasteiger partial charge in [-0.3, -0.25) is 9.69 Å². The summed E-state index contributed by atoms with van der Waals surface area (Å²) < 4.78 is 5.05. The SMILES string of the molecule is CCc1noc(CN2C(=O)NC(C)(c3ccc(Cl)c(Cl)c3)C2=O)n1. The van der Waals surface area contributed by atoms with E-state index in [1.807, 2.05) is 6.92 Å². The van der Waals surface area contributed by atoms with Crippen LogP contribution in [0.25, 0.3) is 0 Å². The first-order valence-electron chi connectivity index (χ1n) is 7.26. The number of benzene rings is 1. The highest BCUT2D eigenvalue weighted by atomic mass is 35.5. The van der Waals surface area contributed by atoms with Crippen molar-refractivity contribution < 1.29 is 14.1 Å². The zero-order chi connectivity index (χ0) is 17.5. The molecule has 0 aliphatic carbocycles. The van der Waals surface area contributed by atoms with Crippen LogP contribution in [0.5, 0.6) is 0 Å². The van der Waals surface area contributed by atoms with Gasteiger partial charge in [0.05, 0.1) is 10.0 Å². The van der Waals surface area contributed by atoms with Gasteiger partial charge in [-0.05, 0) is 24.6 Å². The van der Waals surface area contributed by atoms with E-state index < -0.39 is 17.5 Å². The fourth-order valence-electron chi connectivity index (χ4n) is 2.48. The summed E-state index contributed by atoms with van der Waals surface area (Å²) in [5.74, 6) is 0.292. The maximum Gasteiger partial charge on any atom is 0.325 e. The van der Waals surface area contributed by atoms with Crippen molar-refractivity contribution in [1.29, 1.82) is 0 Å². The summed E-state index contributed by atoms with van der Waals surface area (Å²) in [5, 5.41) is 7.11. The summed E-state index contributed by atoms with van der Waals surface area (Å²) in [5.41, 5.74) is -0.698. The quantitative estimate of drug-likeness (QED) is 0.838. The molecule has 1 unspecified atom stereocenters. The number of nitrogens with one attached hydrogen (secondary N) is 1. The normalized spacial score (nSPS) is 20.6. The second-order valence-electron chi connectivity index (χ2n) is 5.53. The molecule has 1 fully saturated rings. The van der Waals surface area contributed by atoms with Gasteiger partial charge in [-0.2, -0.15) is 4.98 Å². The van der Waals surface area contributed by atoms with Gasteiger partial charge in [0.2, 0.25) is 5.89 Å². The number of amides is 3. The first kappa shape index (κ1) is 16.7. The van der Waals surface area contributed by atoms with E-state index in [9.17, 15) is 9.59 Å². The first-order chi connectivity index (χ1) is 11.3. The zero-order valence-corrected chi connectivity index (χ0v) is 14.5. The predicted molar refractivity (Wildman–Crippen MR) is 86.6 cm³/mol. The van der Waals surface area contributed by atoms with Crippen molar-refractivity contribution in [1.82, 2.24) is 20.4 Å². The van der Waals surface area contributed by atoms with Gasteiger partial charge in [0, 0.05) is 6.42 Å². The molecule has 1 aliphatic heterocycles. The van der Waals surface area contributed by atoms with Gasteiger partial charge in [0.1, 0.15) is 12.1 Å². The Morgan fingerprint density at radius 2 is 2.04 bits per heavy atom.